The molecular weight excluding hydrogens is 1160 g/mol. The molecule has 0 aliphatic heterocycles. The van der Waals surface area contributed by atoms with Crippen LogP contribution in [0.2, 0.25) is 0 Å². The number of fused-ring (bicyclic) bond motifs is 4. The van der Waals surface area contributed by atoms with Crippen LogP contribution >= 0.6 is 0 Å². The van der Waals surface area contributed by atoms with E-state index >= 15 is 0 Å². The van der Waals surface area contributed by atoms with Crippen molar-refractivity contribution in [1.29, 1.82) is 0 Å². The largest absolute Gasteiger partial charge is 0.486 e. The fraction of sp³-hybridized carbons (Fsp3) is 0.406. The molecule has 4 aromatic heterocycles. The lowest BCUT2D eigenvalue weighted by molar-refractivity contribution is -0.140. The van der Waals surface area contributed by atoms with Crippen molar-refractivity contribution in [2.45, 2.75) is 176 Å². The molecule has 1 aliphatic rings. The zero-order valence-electron chi connectivity index (χ0n) is 54.0. The average molecular weight is 1250 g/mol. The van der Waals surface area contributed by atoms with Gasteiger partial charge in [-0.25, -0.2) is 4.98 Å². The number of ketones is 4. The standard InChI is InChI=1S/C19H25N3O.C17H21N3O4.C17H22N2O4.C16H20N2O3/c1-13(2)22-19(10-4-5-11-19)18-20-16-9-8-15(7-6-14(3)23)12-17(16)21-18;1-9(2)19-15(17(23)24)6-11-8-18-14-5-4-12(7-13(11)14)20-16(22)10(3)21;1-10(2)19-16(17(21)22)6-12-8-18-15-5-4-13(7-14(12)15)23-9-11(3)20;1-9(2)18-15(16(20)21)7-12-8-17-14-5-4-11(10(3)19)6-13(12)14/h6-9,12-13,22H,4-5,10-11H2,1-3H3,(H,20,21);4-5,7-9,15,18-19H,6H2,1-3H3,(H,20,22)(H,23,24);4-5,7-8,10,16,18-19H,6,9H2,1-3H3,(H,21,22);4-6,8-9,15,17-18H,7H2,1-3H3,(H,20,21)/b7-6+;;;/t;15-;16-;15-/m.000/s1. The van der Waals surface area contributed by atoms with Gasteiger partial charge in [0.05, 0.1) is 16.6 Å². The zero-order valence-corrected chi connectivity index (χ0v) is 54.0. The van der Waals surface area contributed by atoms with Gasteiger partial charge < -0.3 is 66.6 Å². The highest BCUT2D eigenvalue weighted by molar-refractivity contribution is 6.39. The molecule has 22 nitrogen and oxygen atoms in total. The minimum Gasteiger partial charge on any atom is -0.486 e. The number of aromatic amines is 4. The molecular formula is C69H88N10O12. The van der Waals surface area contributed by atoms with Gasteiger partial charge in [0, 0.05) is 113 Å². The van der Waals surface area contributed by atoms with Crippen molar-refractivity contribution in [3.63, 3.8) is 0 Å². The smallest absolute Gasteiger partial charge is 0.321 e. The van der Waals surface area contributed by atoms with Crippen LogP contribution < -0.4 is 31.3 Å². The number of hydrogen-bond acceptors (Lipinski definition) is 14. The van der Waals surface area contributed by atoms with Gasteiger partial charge in [0.25, 0.3) is 5.91 Å². The van der Waals surface area contributed by atoms with Crippen LogP contribution in [-0.4, -0.2) is 136 Å². The van der Waals surface area contributed by atoms with E-state index in [0.717, 1.165) is 84.7 Å². The van der Waals surface area contributed by atoms with Gasteiger partial charge in [0.2, 0.25) is 5.78 Å². The molecule has 4 heterocycles. The van der Waals surface area contributed by atoms with Gasteiger partial charge in [-0.05, 0) is 143 Å². The van der Waals surface area contributed by atoms with Crippen molar-refractivity contribution in [1.82, 2.24) is 46.2 Å². The Kier molecular flexibility index (Phi) is 25.4. The topological polar surface area (TPSA) is 343 Å². The number of hydrogen-bond donors (Lipinski definition) is 12. The number of anilines is 1. The van der Waals surface area contributed by atoms with Crippen LogP contribution in [0.25, 0.3) is 49.8 Å². The van der Waals surface area contributed by atoms with Gasteiger partial charge in [-0.3, -0.25) is 38.4 Å². The van der Waals surface area contributed by atoms with Gasteiger partial charge in [-0.1, -0.05) is 66.5 Å². The maximum atomic E-state index is 11.5. The lowest BCUT2D eigenvalue weighted by atomic mass is 9.95. The van der Waals surface area contributed by atoms with Gasteiger partial charge in [-0.15, -0.1) is 0 Å². The van der Waals surface area contributed by atoms with Crippen molar-refractivity contribution < 1.29 is 58.4 Å². The second-order valence-corrected chi connectivity index (χ2v) is 24.4. The van der Waals surface area contributed by atoms with Crippen LogP contribution in [0.5, 0.6) is 5.75 Å². The summed E-state index contributed by atoms with van der Waals surface area (Å²) in [7, 11) is 0. The Morgan fingerprint density at radius 3 is 1.52 bits per heavy atom. The highest BCUT2D eigenvalue weighted by atomic mass is 16.5. The Morgan fingerprint density at radius 1 is 0.582 bits per heavy atom. The number of nitrogens with zero attached hydrogens (tertiary/aromatic N) is 1. The SMILES string of the molecule is CC(=O)/C=C/c1ccc2nc(C3(NC(C)C)CCCC3)[nH]c2c1.CC(=O)C(=O)Nc1ccc2[nH]cc(C[C@H](NC(C)C)C(=O)O)c2c1.CC(=O)COc1ccc2[nH]cc(C[C@H](NC(C)C)C(=O)O)c2c1.CC(=O)c1ccc2[nH]cc(C[C@H](NC(C)C)C(=O)O)c2c1. The van der Waals surface area contributed by atoms with Crippen LogP contribution in [0.1, 0.15) is 147 Å². The van der Waals surface area contributed by atoms with Gasteiger partial charge in [-0.2, -0.15) is 0 Å². The Balaban J connectivity index is 0.000000193. The van der Waals surface area contributed by atoms with E-state index < -0.39 is 47.7 Å². The van der Waals surface area contributed by atoms with Crippen LogP contribution in [-0.2, 0) is 58.4 Å². The van der Waals surface area contributed by atoms with E-state index in [-0.39, 0.29) is 47.6 Å². The number of aliphatic carboxylic acids is 3. The van der Waals surface area contributed by atoms with Gasteiger partial charge >= 0.3 is 17.9 Å². The lowest BCUT2D eigenvalue weighted by Gasteiger charge is -2.30. The number of aromatic nitrogens is 5. The van der Waals surface area contributed by atoms with E-state index in [4.69, 9.17) is 9.72 Å². The minimum atomic E-state index is -0.918. The van der Waals surface area contributed by atoms with Crippen molar-refractivity contribution in [3.05, 3.63) is 131 Å². The molecule has 0 spiro atoms. The first-order valence-corrected chi connectivity index (χ1v) is 30.7. The monoisotopic (exact) mass is 1250 g/mol. The molecule has 486 valence electrons. The summed E-state index contributed by atoms with van der Waals surface area (Å²) in [5, 5.41) is 46.0. The quantitative estimate of drug-likeness (QED) is 0.0136. The first-order chi connectivity index (χ1) is 43.0. The van der Waals surface area contributed by atoms with E-state index in [2.05, 4.69) is 66.4 Å². The van der Waals surface area contributed by atoms with Crippen LogP contribution in [0, 0.1) is 0 Å². The molecule has 0 saturated heterocycles. The highest BCUT2D eigenvalue weighted by Crippen LogP contribution is 2.39. The van der Waals surface area contributed by atoms with Crippen molar-refractivity contribution in [2.75, 3.05) is 11.9 Å². The summed E-state index contributed by atoms with van der Waals surface area (Å²) < 4.78 is 5.42. The summed E-state index contributed by atoms with van der Waals surface area (Å²) in [5.41, 5.74) is 9.39. The van der Waals surface area contributed by atoms with Gasteiger partial charge in [0.1, 0.15) is 36.3 Å². The normalized spacial score (nSPS) is 13.8. The number of carbonyl (C=O) groups is 8. The average Bonchev–Trinajstić information content (AvgIpc) is 1.96. The number of Topliss-reactive ketones (excluding diaryl/α,β-unsaturated/α-hetero) is 3. The summed E-state index contributed by atoms with van der Waals surface area (Å²) in [6.07, 6.45) is 14.6. The van der Waals surface area contributed by atoms with E-state index in [0.29, 0.717) is 42.3 Å². The van der Waals surface area contributed by atoms with Crippen LogP contribution in [0.3, 0.4) is 0 Å². The summed E-state index contributed by atoms with van der Waals surface area (Å²) in [5.74, 6) is -2.28. The summed E-state index contributed by atoms with van der Waals surface area (Å²) in [6.45, 7) is 21.6. The molecule has 4 aromatic carbocycles. The molecule has 1 aliphatic carbocycles. The molecule has 9 rings (SSSR count). The predicted molar refractivity (Wildman–Crippen MR) is 355 cm³/mol. The predicted octanol–water partition coefficient (Wildman–Crippen LogP) is 10.1. The number of rotatable bonds is 26. The lowest BCUT2D eigenvalue weighted by Crippen LogP contribution is -2.44. The molecule has 1 fully saturated rings. The molecule has 0 unspecified atom stereocenters. The summed E-state index contributed by atoms with van der Waals surface area (Å²) >= 11 is 0. The van der Waals surface area contributed by atoms with E-state index in [9.17, 15) is 53.7 Å². The Hall–Kier alpha value is -9.09. The maximum absolute atomic E-state index is 11.5. The molecule has 22 heteroatoms. The molecule has 91 heavy (non-hydrogen) atoms. The fourth-order valence-electron chi connectivity index (χ4n) is 10.9. The maximum Gasteiger partial charge on any atom is 0.321 e. The highest BCUT2D eigenvalue weighted by Gasteiger charge is 2.38. The number of carbonyl (C=O) groups excluding carboxylic acids is 5. The van der Waals surface area contributed by atoms with Gasteiger partial charge in [0.15, 0.2) is 17.3 Å². The van der Waals surface area contributed by atoms with Crippen molar-refractivity contribution in [3.8, 4) is 5.75 Å². The number of nitrogens with one attached hydrogen (secondary N) is 9. The third-order valence-electron chi connectivity index (χ3n) is 15.0. The van der Waals surface area contributed by atoms with Crippen molar-refractivity contribution >= 4 is 102 Å². The molecule has 0 bridgehead atoms. The van der Waals surface area contributed by atoms with E-state index in [1.807, 2.05) is 96.4 Å². The first-order valence-electron chi connectivity index (χ1n) is 30.7. The van der Waals surface area contributed by atoms with Crippen LogP contribution in [0.15, 0.2) is 97.5 Å². The molecule has 8 aromatic rings. The van der Waals surface area contributed by atoms with E-state index in [1.165, 1.54) is 33.6 Å². The van der Waals surface area contributed by atoms with Crippen molar-refractivity contribution in [2.24, 2.45) is 0 Å². The molecule has 0 radical (unpaired) electrons. The number of ether oxygens (including phenoxy) is 1. The molecule has 1 amide bonds. The first kappa shape index (κ1) is 71.0. The molecule has 3 atom stereocenters. The number of carboxylic acid groups (broad SMARTS) is 3. The molecule has 1 saturated carbocycles. The number of carboxylic acids is 3. The third kappa shape index (κ3) is 20.7. The Bertz CT molecular complexity index is 3900. The number of H-pyrrole nitrogens is 4. The second-order valence-electron chi connectivity index (χ2n) is 24.4. The summed E-state index contributed by atoms with van der Waals surface area (Å²) in [6, 6.07) is 20.8. The number of benzene rings is 4. The van der Waals surface area contributed by atoms with E-state index in [1.54, 1.807) is 49.5 Å². The zero-order chi connectivity index (χ0) is 66.9. The number of allylic oxidation sites excluding steroid dienone is 1. The second kappa shape index (κ2) is 32.6. The Labute approximate surface area is 529 Å². The number of imidazole rings is 1. The minimum absolute atomic E-state index is 0.000796. The Morgan fingerprint density at radius 2 is 1.07 bits per heavy atom. The van der Waals surface area contributed by atoms with Crippen LogP contribution in [0.4, 0.5) is 5.69 Å². The molecule has 12 N–H and O–H groups in total. The summed E-state index contributed by atoms with van der Waals surface area (Å²) in [4.78, 5) is 108. The number of amides is 1. The third-order valence-corrected chi connectivity index (χ3v) is 15.0. The fourth-order valence-corrected chi connectivity index (χ4v) is 10.9.